The zero-order valence-corrected chi connectivity index (χ0v) is 17.0. The van der Waals surface area contributed by atoms with E-state index in [2.05, 4.69) is 5.32 Å². The summed E-state index contributed by atoms with van der Waals surface area (Å²) in [7, 11) is -0.837. The van der Waals surface area contributed by atoms with Gasteiger partial charge in [-0.3, -0.25) is 9.00 Å². The van der Waals surface area contributed by atoms with Gasteiger partial charge in [-0.05, 0) is 48.2 Å². The smallest absolute Gasteiger partial charge is 0.228 e. The number of nitrogens with two attached hydrogens (primary N) is 1. The Morgan fingerprint density at radius 2 is 1.74 bits per heavy atom. The Hall–Kier alpha value is -1.85. The minimum absolute atomic E-state index is 0. The minimum atomic E-state index is -0.837. The standard InChI is InChI=1S/C21H26N2O2S.ClH/c22-18-11-9-16(10-12-18)14-21(24)23-19-6-4-5-17(13-19)15-26(25)20-7-2-1-3-8-20;/h4-6,9-13,20H,1-3,7-8,14-15,22H2,(H,23,24);1H. The highest BCUT2D eigenvalue weighted by Crippen LogP contribution is 2.24. The number of benzene rings is 2. The second-order valence-corrected chi connectivity index (χ2v) is 8.67. The Kier molecular flexibility index (Phi) is 8.32. The number of halogens is 1. The van der Waals surface area contributed by atoms with Gasteiger partial charge in [-0.25, -0.2) is 0 Å². The molecule has 0 spiro atoms. The minimum Gasteiger partial charge on any atom is -0.399 e. The lowest BCUT2D eigenvalue weighted by molar-refractivity contribution is -0.115. The van der Waals surface area contributed by atoms with Crippen LogP contribution in [0.5, 0.6) is 0 Å². The van der Waals surface area contributed by atoms with Gasteiger partial charge in [0, 0.05) is 33.2 Å². The van der Waals surface area contributed by atoms with E-state index in [9.17, 15) is 9.00 Å². The first kappa shape index (κ1) is 21.5. The van der Waals surface area contributed by atoms with Gasteiger partial charge in [0.25, 0.3) is 0 Å². The third kappa shape index (κ3) is 6.67. The molecule has 27 heavy (non-hydrogen) atoms. The highest BCUT2D eigenvalue weighted by molar-refractivity contribution is 7.84. The first-order valence-electron chi connectivity index (χ1n) is 9.20. The van der Waals surface area contributed by atoms with Crippen LogP contribution in [0, 0.1) is 0 Å². The normalized spacial score (nSPS) is 15.6. The fourth-order valence-corrected chi connectivity index (χ4v) is 4.98. The molecule has 1 saturated carbocycles. The highest BCUT2D eigenvalue weighted by atomic mass is 35.5. The van der Waals surface area contributed by atoms with Crippen LogP contribution >= 0.6 is 12.4 Å². The van der Waals surface area contributed by atoms with Crippen molar-refractivity contribution < 1.29 is 9.00 Å². The molecule has 0 radical (unpaired) electrons. The van der Waals surface area contributed by atoms with Gasteiger partial charge in [-0.15, -0.1) is 12.4 Å². The van der Waals surface area contributed by atoms with E-state index in [1.165, 1.54) is 19.3 Å². The third-order valence-electron chi connectivity index (χ3n) is 4.79. The molecule has 1 atom stereocenters. The molecule has 6 heteroatoms. The molecule has 0 heterocycles. The number of nitrogen functional groups attached to an aromatic ring is 1. The third-order valence-corrected chi connectivity index (χ3v) is 6.62. The van der Waals surface area contributed by atoms with Crippen LogP contribution in [0.15, 0.2) is 48.5 Å². The summed E-state index contributed by atoms with van der Waals surface area (Å²) < 4.78 is 12.6. The van der Waals surface area contributed by atoms with Crippen molar-refractivity contribution in [3.8, 4) is 0 Å². The lowest BCUT2D eigenvalue weighted by atomic mass is 10.0. The van der Waals surface area contributed by atoms with Crippen LogP contribution in [-0.2, 0) is 27.8 Å². The summed E-state index contributed by atoms with van der Waals surface area (Å²) in [6.45, 7) is 0. The number of rotatable bonds is 6. The molecule has 1 unspecified atom stereocenters. The number of carbonyl (C=O) groups excluding carboxylic acids is 1. The molecule has 0 saturated heterocycles. The van der Waals surface area contributed by atoms with E-state index in [-0.39, 0.29) is 18.3 Å². The van der Waals surface area contributed by atoms with Crippen LogP contribution < -0.4 is 11.1 Å². The zero-order chi connectivity index (χ0) is 18.4. The van der Waals surface area contributed by atoms with Gasteiger partial charge in [0.05, 0.1) is 6.42 Å². The molecule has 2 aromatic rings. The summed E-state index contributed by atoms with van der Waals surface area (Å²) in [4.78, 5) is 12.2. The molecule has 1 fully saturated rings. The topological polar surface area (TPSA) is 72.2 Å². The van der Waals surface area contributed by atoms with Gasteiger partial charge in [0.2, 0.25) is 5.91 Å². The van der Waals surface area contributed by atoms with Crippen molar-refractivity contribution in [1.29, 1.82) is 0 Å². The van der Waals surface area contributed by atoms with Gasteiger partial charge in [0.15, 0.2) is 0 Å². The quantitative estimate of drug-likeness (QED) is 0.696. The van der Waals surface area contributed by atoms with E-state index in [1.807, 2.05) is 36.4 Å². The number of nitrogens with one attached hydrogen (secondary N) is 1. The van der Waals surface area contributed by atoms with Crippen LogP contribution in [0.25, 0.3) is 0 Å². The molecule has 3 rings (SSSR count). The fraction of sp³-hybridized carbons (Fsp3) is 0.381. The fourth-order valence-electron chi connectivity index (χ4n) is 3.38. The van der Waals surface area contributed by atoms with Crippen molar-refractivity contribution in [2.24, 2.45) is 0 Å². The monoisotopic (exact) mass is 406 g/mol. The highest BCUT2D eigenvalue weighted by Gasteiger charge is 2.19. The maximum absolute atomic E-state index is 12.6. The van der Waals surface area contributed by atoms with Crippen molar-refractivity contribution in [2.75, 3.05) is 11.1 Å². The van der Waals surface area contributed by atoms with E-state index in [0.29, 0.717) is 23.1 Å². The van der Waals surface area contributed by atoms with Crippen LogP contribution in [0.3, 0.4) is 0 Å². The molecule has 1 aliphatic carbocycles. The molecular formula is C21H27ClN2O2S. The van der Waals surface area contributed by atoms with Gasteiger partial charge >= 0.3 is 0 Å². The maximum atomic E-state index is 12.6. The molecule has 3 N–H and O–H groups in total. The predicted molar refractivity (Wildman–Crippen MR) is 116 cm³/mol. The number of anilines is 2. The van der Waals surface area contributed by atoms with Crippen molar-refractivity contribution in [3.05, 3.63) is 59.7 Å². The number of carbonyl (C=O) groups is 1. The molecule has 2 aromatic carbocycles. The van der Waals surface area contributed by atoms with E-state index in [4.69, 9.17) is 5.73 Å². The lowest BCUT2D eigenvalue weighted by Crippen LogP contribution is -2.20. The first-order chi connectivity index (χ1) is 12.6. The lowest BCUT2D eigenvalue weighted by Gasteiger charge is -2.21. The molecule has 4 nitrogen and oxygen atoms in total. The maximum Gasteiger partial charge on any atom is 0.228 e. The van der Waals surface area contributed by atoms with Gasteiger partial charge in [-0.2, -0.15) is 0 Å². The Balaban J connectivity index is 0.00000261. The number of hydrogen-bond acceptors (Lipinski definition) is 3. The Bertz CT molecular complexity index is 774. The summed E-state index contributed by atoms with van der Waals surface area (Å²) in [6.07, 6.45) is 6.10. The predicted octanol–water partition coefficient (Wildman–Crippen LogP) is 4.45. The second kappa shape index (κ2) is 10.5. The Morgan fingerprint density at radius 3 is 2.44 bits per heavy atom. The second-order valence-electron chi connectivity index (χ2n) is 6.95. The summed E-state index contributed by atoms with van der Waals surface area (Å²) in [5, 5.41) is 3.26. The van der Waals surface area contributed by atoms with E-state index in [0.717, 1.165) is 29.7 Å². The molecule has 146 valence electrons. The average Bonchev–Trinajstić information content (AvgIpc) is 2.64. The van der Waals surface area contributed by atoms with Gasteiger partial charge in [-0.1, -0.05) is 43.5 Å². The zero-order valence-electron chi connectivity index (χ0n) is 15.4. The van der Waals surface area contributed by atoms with Crippen molar-refractivity contribution >= 4 is 40.5 Å². The van der Waals surface area contributed by atoms with Gasteiger partial charge in [0.1, 0.15) is 0 Å². The summed E-state index contributed by atoms with van der Waals surface area (Å²) in [5.74, 6) is 0.493. The van der Waals surface area contributed by atoms with Crippen molar-refractivity contribution in [3.63, 3.8) is 0 Å². The van der Waals surface area contributed by atoms with Crippen molar-refractivity contribution in [1.82, 2.24) is 0 Å². The van der Waals surface area contributed by atoms with Gasteiger partial charge < -0.3 is 11.1 Å². The summed E-state index contributed by atoms with van der Waals surface area (Å²) >= 11 is 0. The molecule has 0 bridgehead atoms. The molecule has 1 amide bonds. The van der Waals surface area contributed by atoms with Crippen molar-refractivity contribution in [2.45, 2.75) is 49.5 Å². The molecule has 1 aliphatic rings. The van der Waals surface area contributed by atoms with Crippen LogP contribution in [-0.4, -0.2) is 15.4 Å². The molecule has 0 aromatic heterocycles. The number of hydrogen-bond donors (Lipinski definition) is 2. The largest absolute Gasteiger partial charge is 0.399 e. The molecule has 0 aliphatic heterocycles. The Morgan fingerprint density at radius 1 is 1.04 bits per heavy atom. The van der Waals surface area contributed by atoms with Crippen LogP contribution in [0.4, 0.5) is 11.4 Å². The van der Waals surface area contributed by atoms with E-state index < -0.39 is 10.8 Å². The van der Waals surface area contributed by atoms with Crippen LogP contribution in [0.1, 0.15) is 43.2 Å². The SMILES string of the molecule is Cl.Nc1ccc(CC(=O)Nc2cccc(CS(=O)C3CCCCC3)c2)cc1. The van der Waals surface area contributed by atoms with E-state index in [1.54, 1.807) is 12.1 Å². The Labute approximate surface area is 169 Å². The van der Waals surface area contributed by atoms with E-state index >= 15 is 0 Å². The van der Waals surface area contributed by atoms with Crippen LogP contribution in [0.2, 0.25) is 0 Å². The number of amides is 1. The summed E-state index contributed by atoms with van der Waals surface area (Å²) in [6, 6.07) is 15.0. The summed E-state index contributed by atoms with van der Waals surface area (Å²) in [5.41, 5.74) is 9.04. The molecular weight excluding hydrogens is 380 g/mol. The average molecular weight is 407 g/mol. The first-order valence-corrected chi connectivity index (χ1v) is 10.6.